The van der Waals surface area contributed by atoms with E-state index in [0.717, 1.165) is 12.1 Å². The second kappa shape index (κ2) is 6.58. The number of nitrogens with one attached hydrogen (secondary N) is 2. The molecule has 22 heavy (non-hydrogen) atoms. The van der Waals surface area contributed by atoms with Crippen LogP contribution in [-0.4, -0.2) is 5.91 Å². The Bertz CT molecular complexity index is 707. The highest BCUT2D eigenvalue weighted by Gasteiger charge is 2.30. The lowest BCUT2D eigenvalue weighted by molar-refractivity contribution is -0.137. The SMILES string of the molecule is O=C(NNc1cccc(C(F)(F)F)c1)c1cc(Br)ccc1Cl. The van der Waals surface area contributed by atoms with Crippen molar-refractivity contribution in [3.63, 3.8) is 0 Å². The summed E-state index contributed by atoms with van der Waals surface area (Å²) in [5.74, 6) is -0.566. The summed E-state index contributed by atoms with van der Waals surface area (Å²) in [6.45, 7) is 0. The van der Waals surface area contributed by atoms with Gasteiger partial charge in [0, 0.05) is 4.47 Å². The summed E-state index contributed by atoms with van der Waals surface area (Å²) in [6, 6.07) is 9.18. The van der Waals surface area contributed by atoms with Gasteiger partial charge in [-0.3, -0.25) is 15.6 Å². The second-order valence-corrected chi connectivity index (χ2v) is 5.60. The lowest BCUT2D eigenvalue weighted by Gasteiger charge is -2.12. The molecule has 0 radical (unpaired) electrons. The van der Waals surface area contributed by atoms with Crippen molar-refractivity contribution in [3.05, 3.63) is 63.1 Å². The molecule has 0 atom stereocenters. The van der Waals surface area contributed by atoms with Gasteiger partial charge in [-0.25, -0.2) is 0 Å². The first-order valence-corrected chi connectivity index (χ1v) is 7.13. The number of rotatable bonds is 3. The molecule has 2 rings (SSSR count). The average molecular weight is 394 g/mol. The third-order valence-corrected chi connectivity index (χ3v) is 3.51. The molecule has 116 valence electrons. The van der Waals surface area contributed by atoms with Crippen molar-refractivity contribution in [1.82, 2.24) is 5.43 Å². The molecule has 3 nitrogen and oxygen atoms in total. The number of benzene rings is 2. The van der Waals surface area contributed by atoms with Gasteiger partial charge in [0.05, 0.1) is 21.8 Å². The van der Waals surface area contributed by atoms with Crippen LogP contribution < -0.4 is 10.9 Å². The van der Waals surface area contributed by atoms with Gasteiger partial charge in [-0.05, 0) is 36.4 Å². The van der Waals surface area contributed by atoms with Gasteiger partial charge < -0.3 is 0 Å². The molecule has 0 aliphatic rings. The van der Waals surface area contributed by atoms with Gasteiger partial charge in [0.15, 0.2) is 0 Å². The molecule has 0 unspecified atom stereocenters. The molecule has 0 saturated carbocycles. The normalized spacial score (nSPS) is 11.1. The number of hydrogen-bond acceptors (Lipinski definition) is 2. The minimum absolute atomic E-state index is 0.106. The highest BCUT2D eigenvalue weighted by molar-refractivity contribution is 9.10. The third kappa shape index (κ3) is 4.14. The van der Waals surface area contributed by atoms with Gasteiger partial charge in [0.1, 0.15) is 0 Å². The molecule has 0 saturated heterocycles. The van der Waals surface area contributed by atoms with Gasteiger partial charge in [-0.15, -0.1) is 0 Å². The third-order valence-electron chi connectivity index (χ3n) is 2.68. The molecule has 2 N–H and O–H groups in total. The van der Waals surface area contributed by atoms with Crippen molar-refractivity contribution < 1.29 is 18.0 Å². The topological polar surface area (TPSA) is 41.1 Å². The van der Waals surface area contributed by atoms with Crippen LogP contribution in [0.5, 0.6) is 0 Å². The largest absolute Gasteiger partial charge is 0.416 e. The Hall–Kier alpha value is -1.73. The molecule has 0 fully saturated rings. The predicted molar refractivity (Wildman–Crippen MR) is 81.7 cm³/mol. The predicted octanol–water partition coefficient (Wildman–Crippen LogP) is 4.88. The van der Waals surface area contributed by atoms with Crippen LogP contribution in [-0.2, 0) is 6.18 Å². The lowest BCUT2D eigenvalue weighted by Crippen LogP contribution is -2.29. The van der Waals surface area contributed by atoms with Gasteiger partial charge in [0.2, 0.25) is 0 Å². The number of carbonyl (C=O) groups is 1. The van der Waals surface area contributed by atoms with E-state index in [2.05, 4.69) is 26.8 Å². The van der Waals surface area contributed by atoms with Crippen molar-refractivity contribution in [2.45, 2.75) is 6.18 Å². The first-order chi connectivity index (χ1) is 10.3. The fraction of sp³-hybridized carbons (Fsp3) is 0.0714. The summed E-state index contributed by atoms with van der Waals surface area (Å²) in [4.78, 5) is 12.0. The second-order valence-electron chi connectivity index (χ2n) is 4.28. The number of alkyl halides is 3. The van der Waals surface area contributed by atoms with Crippen LogP contribution in [0.3, 0.4) is 0 Å². The summed E-state index contributed by atoms with van der Waals surface area (Å²) in [7, 11) is 0. The summed E-state index contributed by atoms with van der Waals surface area (Å²) in [6.07, 6.45) is -4.45. The quantitative estimate of drug-likeness (QED) is 0.730. The average Bonchev–Trinajstić information content (AvgIpc) is 2.47. The Morgan fingerprint density at radius 3 is 2.55 bits per heavy atom. The first-order valence-electron chi connectivity index (χ1n) is 5.96. The Kier molecular flexibility index (Phi) is 4.97. The molecule has 2 aromatic rings. The lowest BCUT2D eigenvalue weighted by atomic mass is 10.2. The molecular weight excluding hydrogens is 385 g/mol. The highest BCUT2D eigenvalue weighted by atomic mass is 79.9. The molecule has 1 amide bonds. The monoisotopic (exact) mass is 392 g/mol. The van der Waals surface area contributed by atoms with Crippen molar-refractivity contribution in [2.75, 3.05) is 5.43 Å². The smallest absolute Gasteiger partial charge is 0.298 e. The van der Waals surface area contributed by atoms with Crippen LogP contribution in [0, 0.1) is 0 Å². The van der Waals surface area contributed by atoms with E-state index >= 15 is 0 Å². The maximum Gasteiger partial charge on any atom is 0.416 e. The van der Waals surface area contributed by atoms with Crippen molar-refractivity contribution in [2.24, 2.45) is 0 Å². The molecule has 0 spiro atoms. The first kappa shape index (κ1) is 16.6. The fourth-order valence-corrected chi connectivity index (χ4v) is 2.21. The van der Waals surface area contributed by atoms with Crippen LogP contribution in [0.25, 0.3) is 0 Å². The van der Waals surface area contributed by atoms with Gasteiger partial charge in [-0.1, -0.05) is 33.6 Å². The molecule has 0 aliphatic carbocycles. The number of hydrogen-bond donors (Lipinski definition) is 2. The van der Waals surface area contributed by atoms with Gasteiger partial charge >= 0.3 is 6.18 Å². The van der Waals surface area contributed by atoms with E-state index in [4.69, 9.17) is 11.6 Å². The molecule has 0 heterocycles. The molecular formula is C14H9BrClF3N2O. The fourth-order valence-electron chi connectivity index (χ4n) is 1.64. The van der Waals surface area contributed by atoms with Crippen molar-refractivity contribution >= 4 is 39.1 Å². The minimum Gasteiger partial charge on any atom is -0.298 e. The van der Waals surface area contributed by atoms with E-state index in [-0.39, 0.29) is 16.3 Å². The van der Waals surface area contributed by atoms with Crippen LogP contribution in [0.1, 0.15) is 15.9 Å². The highest BCUT2D eigenvalue weighted by Crippen LogP contribution is 2.30. The minimum atomic E-state index is -4.45. The summed E-state index contributed by atoms with van der Waals surface area (Å²) < 4.78 is 38.4. The zero-order valence-electron chi connectivity index (χ0n) is 10.8. The van der Waals surface area contributed by atoms with Gasteiger partial charge in [-0.2, -0.15) is 13.2 Å². The van der Waals surface area contributed by atoms with Gasteiger partial charge in [0.25, 0.3) is 5.91 Å². The Balaban J connectivity index is 2.10. The van der Waals surface area contributed by atoms with Crippen molar-refractivity contribution in [3.8, 4) is 0 Å². The van der Waals surface area contributed by atoms with Crippen LogP contribution >= 0.6 is 27.5 Å². The number of anilines is 1. The summed E-state index contributed by atoms with van der Waals surface area (Å²) in [5, 5.41) is 0.228. The van der Waals surface area contributed by atoms with Crippen LogP contribution in [0.4, 0.5) is 18.9 Å². The van der Waals surface area contributed by atoms with E-state index in [0.29, 0.717) is 4.47 Å². The summed E-state index contributed by atoms with van der Waals surface area (Å²) >= 11 is 9.11. The van der Waals surface area contributed by atoms with E-state index < -0.39 is 17.6 Å². The molecule has 2 aromatic carbocycles. The number of amides is 1. The number of carbonyl (C=O) groups excluding carboxylic acids is 1. The summed E-state index contributed by atoms with van der Waals surface area (Å²) in [5.41, 5.74) is 4.21. The number of halogens is 5. The zero-order valence-corrected chi connectivity index (χ0v) is 13.2. The van der Waals surface area contributed by atoms with Crippen LogP contribution in [0.15, 0.2) is 46.9 Å². The van der Waals surface area contributed by atoms with E-state index in [1.807, 2.05) is 0 Å². The maximum atomic E-state index is 12.6. The van der Waals surface area contributed by atoms with Crippen LogP contribution in [0.2, 0.25) is 5.02 Å². The maximum absolute atomic E-state index is 12.6. The Labute approximate surface area is 137 Å². The number of hydrazine groups is 1. The standard InChI is InChI=1S/C14H9BrClF3N2O/c15-9-4-5-12(16)11(7-9)13(22)21-20-10-3-1-2-8(6-10)14(17,18)19/h1-7,20H,(H,21,22). The van der Waals surface area contributed by atoms with E-state index in [9.17, 15) is 18.0 Å². The zero-order chi connectivity index (χ0) is 16.3. The molecule has 0 aliphatic heterocycles. The van der Waals surface area contributed by atoms with E-state index in [1.165, 1.54) is 24.3 Å². The molecule has 0 aromatic heterocycles. The van der Waals surface area contributed by atoms with E-state index in [1.54, 1.807) is 6.07 Å². The molecule has 8 heteroatoms. The Morgan fingerprint density at radius 2 is 1.86 bits per heavy atom. The molecule has 0 bridgehead atoms. The Morgan fingerprint density at radius 1 is 1.14 bits per heavy atom. The van der Waals surface area contributed by atoms with Crippen molar-refractivity contribution in [1.29, 1.82) is 0 Å².